The lowest BCUT2D eigenvalue weighted by Gasteiger charge is -2.32. The number of alkyl halides is 12. The summed E-state index contributed by atoms with van der Waals surface area (Å²) in [6.45, 7) is 15.4. The van der Waals surface area contributed by atoms with Crippen LogP contribution >= 0.6 is 129 Å². The van der Waals surface area contributed by atoms with Crippen LogP contribution in [0.5, 0.6) is 23.0 Å². The van der Waals surface area contributed by atoms with Gasteiger partial charge in [-0.25, -0.2) is 24.3 Å². The topological polar surface area (TPSA) is 284 Å². The van der Waals surface area contributed by atoms with Crippen molar-refractivity contribution in [2.75, 3.05) is 145 Å². The van der Waals surface area contributed by atoms with E-state index in [-0.39, 0.29) is 45.5 Å². The number of hydrogen-bond acceptors (Lipinski definition) is 26. The molecule has 6 aromatic heterocycles. The number of nitrogens with one attached hydrogen (secondary N) is 5. The van der Waals surface area contributed by atoms with Crippen LogP contribution in [-0.4, -0.2) is 245 Å². The molecule has 5 aliphatic rings. The third-order valence-corrected chi connectivity index (χ3v) is 25.7. The molecule has 4 atom stereocenters. The molecule has 0 unspecified atom stereocenters. The van der Waals surface area contributed by atoms with E-state index in [1.807, 2.05) is 38.5 Å². The van der Waals surface area contributed by atoms with Gasteiger partial charge < -0.3 is 89.1 Å². The summed E-state index contributed by atoms with van der Waals surface area (Å²) in [6, 6.07) is 30.6. The highest BCUT2D eigenvalue weighted by Crippen LogP contribution is 2.40. The summed E-state index contributed by atoms with van der Waals surface area (Å²) in [4.78, 5) is 83.5. The van der Waals surface area contributed by atoms with E-state index in [1.54, 1.807) is 36.8 Å². The Balaban J connectivity index is 0.000000179. The summed E-state index contributed by atoms with van der Waals surface area (Å²) in [5.74, 6) is 0.267. The average Bonchev–Trinajstić information content (AvgIpc) is 1.61. The maximum absolute atomic E-state index is 13.1. The fourth-order valence-corrected chi connectivity index (χ4v) is 16.7. The maximum Gasteiger partial charge on any atom is 0.498 e. The first-order chi connectivity index (χ1) is 63.4. The van der Waals surface area contributed by atoms with Crippen LogP contribution in [0.3, 0.4) is 0 Å². The predicted octanol–water partition coefficient (Wildman–Crippen LogP) is 19.8. The number of amides is 4. The lowest BCUT2D eigenvalue weighted by molar-refractivity contribution is -0.0972. The predicted molar refractivity (Wildman–Crippen MR) is 525 cm³/mol. The summed E-state index contributed by atoms with van der Waals surface area (Å²) in [5, 5.41) is 18.2. The van der Waals surface area contributed by atoms with Crippen molar-refractivity contribution in [2.24, 2.45) is 0 Å². The SMILES string of the molecule is Brc1cnsc1.CN(C)[C@@H]1CCN(c2ncc(C(=O)Nc3ccc(OC(F)(F)Cl)cc3)cc2-c2cnsc2)C1.CN(C)[C@@H]1CCN(c2ncc(C(=O)Nc3ccc(OC(F)(F)Cl)cc3)cc2B2OC(C)(C)C(C)(C)O2)C1.CN(C)[C@@H]1CCN(c2ncc(C(=O)Nc3ccc(OC(F)(F)Cl)cc3)cc2Br)C1.CN(C)[C@@H]1CCNC1.O=C(Nc1ccc(OC(F)(F)Cl)cc1)c1cnc(Cl)c(Br)c1. The molecule has 5 aliphatic heterocycles. The monoisotopic (exact) mass is 2200 g/mol. The van der Waals surface area contributed by atoms with E-state index in [0.29, 0.717) is 67.5 Å². The first-order valence-electron chi connectivity index (χ1n) is 41.5. The van der Waals surface area contributed by atoms with Crippen molar-refractivity contribution in [3.8, 4) is 34.1 Å². The molecule has 11 heterocycles. The summed E-state index contributed by atoms with van der Waals surface area (Å²) in [6.07, 6.45) is 13.8. The lowest BCUT2D eigenvalue weighted by Crippen LogP contribution is -2.41. The van der Waals surface area contributed by atoms with Gasteiger partial charge in [-0.1, -0.05) is 11.6 Å². The lowest BCUT2D eigenvalue weighted by atomic mass is 9.78. The minimum atomic E-state index is -3.82. The van der Waals surface area contributed by atoms with E-state index >= 15 is 0 Å². The Morgan fingerprint density at radius 1 is 0.452 bits per heavy atom. The van der Waals surface area contributed by atoms with Crippen LogP contribution in [0.4, 0.5) is 75.3 Å². The molecule has 0 bridgehead atoms. The van der Waals surface area contributed by atoms with Crippen LogP contribution in [0.2, 0.25) is 5.15 Å². The van der Waals surface area contributed by atoms with Gasteiger partial charge in [0.25, 0.3) is 23.6 Å². The van der Waals surface area contributed by atoms with E-state index in [2.05, 4.69) is 224 Å². The van der Waals surface area contributed by atoms with E-state index in [0.717, 1.165) is 102 Å². The minimum absolute atomic E-state index is 0.113. The van der Waals surface area contributed by atoms with Crippen molar-refractivity contribution >= 4 is 205 Å². The third-order valence-electron chi connectivity index (χ3n) is 21.8. The second-order valence-electron chi connectivity index (χ2n) is 32.9. The molecule has 0 saturated carbocycles. The fraction of sp³-hybridized carbons (Fsp3) is 0.386. The molecule has 5 saturated heterocycles. The van der Waals surface area contributed by atoms with E-state index in [4.69, 9.17) is 55.7 Å². The quantitative estimate of drug-likeness (QED) is 0.0154. The summed E-state index contributed by atoms with van der Waals surface area (Å²) in [7, 11) is 15.9. The molecule has 726 valence electrons. The van der Waals surface area contributed by atoms with E-state index < -0.39 is 52.4 Å². The number of pyridine rings is 4. The zero-order valence-corrected chi connectivity index (χ0v) is 85.0. The number of ether oxygens (including phenoxy) is 4. The number of aromatic nitrogens is 6. The van der Waals surface area contributed by atoms with Gasteiger partial charge >= 0.3 is 29.4 Å². The molecule has 0 spiro atoms. The fourth-order valence-electron chi connectivity index (χ4n) is 13.8. The van der Waals surface area contributed by atoms with Crippen LogP contribution in [0.15, 0.2) is 183 Å². The molecule has 4 aromatic carbocycles. The Bertz CT molecular complexity index is 5550. The van der Waals surface area contributed by atoms with Crippen molar-refractivity contribution in [2.45, 2.75) is 111 Å². The second-order valence-corrected chi connectivity index (χ2v) is 38.9. The number of halogens is 16. The van der Waals surface area contributed by atoms with Crippen LogP contribution in [0.25, 0.3) is 11.1 Å². The number of likely N-dealkylation sites (N-methyl/N-ethyl adjacent to an activating group) is 4. The van der Waals surface area contributed by atoms with Crippen molar-refractivity contribution < 1.29 is 82.6 Å². The standard InChI is InChI=1S/C25H32BClF2N4O4.C22H22ClF2N5O2S.C19H20BrClF2N4O2.C13H7BrCl2F2N2O2.C6H14N2.C3H2BrNS/c1-23(2)24(3,4)37-26(36-23)20-13-16(14-30-21(20)33-12-11-18(15-33)32(5)6)22(34)31-17-7-9-19(10-8-17)35-25(27,28)29;1-29(2)17-7-8-30(12-17)20-19(15-11-27-33-13-15)9-14(10-26-20)21(31)28-16-3-5-18(6-4-16)32-22(23,24)25;1-26(2)14-7-8-27(11-14)17-16(20)9-12(10-24-17)18(28)25-13-3-5-15(6-4-13)29-19(21,22)23;14-10-5-7(6-19-11(10)15)12(21)20-8-1-3-9(4-2-8)22-13(16,17)18;1-8(2)6-3-4-7-5-6;4-3-1-5-6-2-3/h7-10,13-14,18H,11-12,15H2,1-6H3,(H,31,34);3-6,9-11,13,17H,7-8,12H2,1-2H3,(H,28,31);3-6,9-10,14H,7-8,11H2,1-2H3,(H,25,28);1-6H,(H,20,21);6-7H,3-5H2,1-2H3;1-2H/t18-;17-;14-;;6-;/m111.1./s1. The molecule has 0 aliphatic carbocycles. The van der Waals surface area contributed by atoms with Crippen molar-refractivity contribution in [3.05, 3.63) is 210 Å². The number of anilines is 7. The molecule has 135 heavy (non-hydrogen) atoms. The van der Waals surface area contributed by atoms with Gasteiger partial charge in [-0.3, -0.25) is 19.2 Å². The molecule has 5 fully saturated rings. The Hall–Kier alpha value is -8.67. The largest absolute Gasteiger partial charge is 0.498 e. The number of rotatable bonds is 25. The molecule has 15 rings (SSSR count). The molecular formula is C88H97BBr3Cl5F8N18O10S2. The van der Waals surface area contributed by atoms with Crippen LogP contribution in [-0.2, 0) is 9.31 Å². The molecule has 5 N–H and O–H groups in total. The molecule has 4 amide bonds. The van der Waals surface area contributed by atoms with Crippen LogP contribution in [0, 0.1) is 0 Å². The first kappa shape index (κ1) is 108. The Morgan fingerprint density at radius 2 is 0.785 bits per heavy atom. The first-order valence-corrected chi connectivity index (χ1v) is 47.4. The van der Waals surface area contributed by atoms with Gasteiger partial charge in [0.2, 0.25) is 0 Å². The zero-order chi connectivity index (χ0) is 98.7. The Labute approximate surface area is 834 Å². The average molecular weight is 2210 g/mol. The number of benzene rings is 4. The van der Waals surface area contributed by atoms with Gasteiger partial charge in [-0.15, -0.1) is 35.1 Å². The molecular weight excluding hydrogens is 2110 g/mol. The zero-order valence-electron chi connectivity index (χ0n) is 74.8. The number of carbonyl (C=O) groups is 4. The van der Waals surface area contributed by atoms with Crippen LogP contribution in [0.1, 0.15) is 94.8 Å². The number of carbonyl (C=O) groups excluding carboxylic acids is 4. The highest BCUT2D eigenvalue weighted by molar-refractivity contribution is 9.11. The normalized spacial score (nSPS) is 17.3. The van der Waals surface area contributed by atoms with Gasteiger partial charge in [0.15, 0.2) is 0 Å². The summed E-state index contributed by atoms with van der Waals surface area (Å²) >= 11 is 37.4. The third kappa shape index (κ3) is 33.6. The molecule has 28 nitrogen and oxygen atoms in total. The van der Waals surface area contributed by atoms with E-state index in [1.165, 1.54) is 164 Å². The molecule has 0 radical (unpaired) electrons. The number of hydrogen-bond donors (Lipinski definition) is 5. The minimum Gasteiger partial charge on any atom is -0.420 e. The van der Waals surface area contributed by atoms with Gasteiger partial charge in [0.1, 0.15) is 45.6 Å². The van der Waals surface area contributed by atoms with Crippen molar-refractivity contribution in [1.82, 2.24) is 53.6 Å². The highest BCUT2D eigenvalue weighted by atomic mass is 79.9. The maximum atomic E-state index is 13.1. The van der Waals surface area contributed by atoms with Gasteiger partial charge in [0.05, 0.1) is 48.6 Å². The Morgan fingerprint density at radius 3 is 1.09 bits per heavy atom. The van der Waals surface area contributed by atoms with Gasteiger partial charge in [-0.05, 0) is 308 Å². The summed E-state index contributed by atoms with van der Waals surface area (Å²) in [5.41, 5.74) is -10.9. The molecule has 10 aromatic rings. The van der Waals surface area contributed by atoms with Gasteiger partial charge in [-0.2, -0.15) is 4.37 Å². The highest BCUT2D eigenvalue weighted by Gasteiger charge is 2.53. The van der Waals surface area contributed by atoms with E-state index in [9.17, 15) is 54.3 Å². The number of nitrogens with zero attached hydrogens (tertiary/aromatic N) is 13. The van der Waals surface area contributed by atoms with Crippen LogP contribution < -0.4 is 65.7 Å². The second kappa shape index (κ2) is 48.3. The van der Waals surface area contributed by atoms with Crippen molar-refractivity contribution in [1.29, 1.82) is 0 Å². The van der Waals surface area contributed by atoms with Crippen molar-refractivity contribution in [3.63, 3.8) is 0 Å². The smallest absolute Gasteiger partial charge is 0.420 e. The Kier molecular flexibility index (Phi) is 38.7. The summed E-state index contributed by atoms with van der Waals surface area (Å²) < 4.78 is 141. The molecule has 47 heteroatoms. The van der Waals surface area contributed by atoms with Gasteiger partial charge in [0, 0.05) is 202 Å².